The first kappa shape index (κ1) is 21.5. The van der Waals surface area contributed by atoms with E-state index in [9.17, 15) is 9.90 Å². The molecule has 0 aliphatic carbocycles. The highest BCUT2D eigenvalue weighted by Gasteiger charge is 2.51. The second kappa shape index (κ2) is 9.05. The van der Waals surface area contributed by atoms with Gasteiger partial charge in [-0.25, -0.2) is 0 Å². The molecule has 156 valence electrons. The number of ether oxygens (including phenoxy) is 1. The number of carbonyl (C=O) groups excluding carboxylic acids is 1. The van der Waals surface area contributed by atoms with Crippen LogP contribution in [0.4, 0.5) is 4.11 Å². The van der Waals surface area contributed by atoms with E-state index in [0.29, 0.717) is 6.54 Å². The van der Waals surface area contributed by atoms with Crippen LogP contribution in [0.2, 0.25) is 18.6 Å². The number of nitrogens with zero attached hydrogens (tertiary/aromatic N) is 1. The number of hydrogen-bond donors (Lipinski definition) is 1. The minimum Gasteiger partial charge on any atom is -0.394 e. The smallest absolute Gasteiger partial charge is 0.246 e. The van der Waals surface area contributed by atoms with E-state index in [1.807, 2.05) is 18.2 Å². The summed E-state index contributed by atoms with van der Waals surface area (Å²) in [7, 11) is -2.98. The lowest BCUT2D eigenvalue weighted by Crippen LogP contribution is -2.42. The average molecular weight is 408 g/mol. The highest BCUT2D eigenvalue weighted by molar-refractivity contribution is 6.72. The molecule has 3 rings (SSSR count). The Morgan fingerprint density at radius 2 is 2.00 bits per heavy atom. The highest BCUT2D eigenvalue weighted by atomic mass is 28.4. The lowest BCUT2D eigenvalue weighted by atomic mass is 9.95. The van der Waals surface area contributed by atoms with Gasteiger partial charge in [0.1, 0.15) is 0 Å². The number of benzene rings is 1. The van der Waals surface area contributed by atoms with Crippen LogP contribution in [0, 0.1) is 5.92 Å². The van der Waals surface area contributed by atoms with Crippen LogP contribution in [0.3, 0.4) is 0 Å². The van der Waals surface area contributed by atoms with Gasteiger partial charge < -0.3 is 18.9 Å². The largest absolute Gasteiger partial charge is 0.394 e. The summed E-state index contributed by atoms with van der Waals surface area (Å²) in [6, 6.07) is 10.2. The van der Waals surface area contributed by atoms with E-state index in [-0.39, 0.29) is 48.6 Å². The van der Waals surface area contributed by atoms with Gasteiger partial charge in [0.25, 0.3) is 0 Å². The van der Waals surface area contributed by atoms with Crippen LogP contribution in [-0.2, 0) is 16.0 Å². The molecule has 1 amide bonds. The number of aliphatic hydroxyl groups is 1. The molecule has 0 radical (unpaired) electrons. The summed E-state index contributed by atoms with van der Waals surface area (Å²) in [4.78, 5) is 14.6. The van der Waals surface area contributed by atoms with Crippen molar-refractivity contribution in [1.29, 1.82) is 0 Å². The molecule has 1 aromatic rings. The first-order valence-corrected chi connectivity index (χ1v) is 13.6. The number of halogens is 1. The number of carbonyl (C=O) groups is 1. The second-order valence-electron chi connectivity index (χ2n) is 8.96. The Morgan fingerprint density at radius 3 is 2.64 bits per heavy atom. The Bertz CT molecular complexity index is 651. The molecule has 2 fully saturated rings. The van der Waals surface area contributed by atoms with Crippen LogP contribution in [0.15, 0.2) is 30.3 Å². The Kier molecular flexibility index (Phi) is 6.94. The number of aliphatic hydroxyl groups excluding tert-OH is 1. The van der Waals surface area contributed by atoms with Crippen molar-refractivity contribution in [3.05, 3.63) is 35.9 Å². The average Bonchev–Trinajstić information content (AvgIpc) is 3.24. The summed E-state index contributed by atoms with van der Waals surface area (Å²) in [6.07, 6.45) is 3.37. The zero-order valence-corrected chi connectivity index (χ0v) is 18.3. The van der Waals surface area contributed by atoms with E-state index in [0.717, 1.165) is 25.7 Å². The normalized spacial score (nSPS) is 30.8. The van der Waals surface area contributed by atoms with Crippen LogP contribution in [0.5, 0.6) is 0 Å². The van der Waals surface area contributed by atoms with E-state index >= 15 is 4.11 Å². The molecule has 2 saturated heterocycles. The first-order chi connectivity index (χ1) is 13.3. The van der Waals surface area contributed by atoms with Crippen LogP contribution in [0.1, 0.15) is 38.2 Å². The predicted octanol–water partition coefficient (Wildman–Crippen LogP) is 3.94. The molecule has 0 saturated carbocycles. The van der Waals surface area contributed by atoms with E-state index in [1.54, 1.807) is 18.0 Å². The van der Waals surface area contributed by atoms with Gasteiger partial charge in [-0.2, -0.15) is 0 Å². The summed E-state index contributed by atoms with van der Waals surface area (Å²) < 4.78 is 21.5. The quantitative estimate of drug-likeness (QED) is 0.550. The number of likely N-dealkylation sites (tertiary alicyclic amines) is 1. The molecule has 6 heteroatoms. The fourth-order valence-corrected chi connectivity index (χ4v) is 7.72. The zero-order chi connectivity index (χ0) is 20.3. The lowest BCUT2D eigenvalue weighted by Gasteiger charge is -2.30. The molecule has 0 bridgehead atoms. The van der Waals surface area contributed by atoms with Crippen molar-refractivity contribution in [2.45, 2.75) is 75.9 Å². The van der Waals surface area contributed by atoms with E-state index in [1.165, 1.54) is 5.56 Å². The van der Waals surface area contributed by atoms with Crippen LogP contribution in [-0.4, -0.2) is 55.7 Å². The standard InChI is InChI=1S/C22H34FNO3Si/c1-16-19(12-11-17-8-5-4-6-9-17)27-20(22(16)28(2,3)23)14-21(26)24-13-7-10-18(24)15-25/h4-6,8-9,16,18-20,22,25H,7,10-15H2,1-3H3/t16-,18-,19+,20-,22+/m0/s1. The fraction of sp³-hybridized carbons (Fsp3) is 0.682. The fourth-order valence-electron chi connectivity index (χ4n) is 5.17. The molecule has 5 atom stereocenters. The molecule has 2 aliphatic heterocycles. The van der Waals surface area contributed by atoms with E-state index in [2.05, 4.69) is 19.1 Å². The molecular weight excluding hydrogens is 373 g/mol. The van der Waals surface area contributed by atoms with Crippen LogP contribution >= 0.6 is 0 Å². The Hall–Kier alpha value is -1.24. The number of rotatable bonds is 7. The van der Waals surface area contributed by atoms with Crippen molar-refractivity contribution in [3.8, 4) is 0 Å². The third-order valence-corrected chi connectivity index (χ3v) is 9.02. The van der Waals surface area contributed by atoms with Crippen LogP contribution in [0.25, 0.3) is 0 Å². The molecule has 0 aromatic heterocycles. The van der Waals surface area contributed by atoms with Crippen molar-refractivity contribution >= 4 is 14.3 Å². The molecule has 2 heterocycles. The molecule has 0 unspecified atom stereocenters. The summed E-state index contributed by atoms with van der Waals surface area (Å²) in [5, 5.41) is 9.51. The van der Waals surface area contributed by atoms with Gasteiger partial charge in [0.2, 0.25) is 14.3 Å². The number of amides is 1. The van der Waals surface area contributed by atoms with Gasteiger partial charge in [-0.3, -0.25) is 4.79 Å². The third-order valence-electron chi connectivity index (χ3n) is 6.54. The topological polar surface area (TPSA) is 49.8 Å². The second-order valence-corrected chi connectivity index (χ2v) is 12.8. The minimum atomic E-state index is -2.98. The molecule has 1 N–H and O–H groups in total. The van der Waals surface area contributed by atoms with Crippen molar-refractivity contribution in [1.82, 2.24) is 4.90 Å². The van der Waals surface area contributed by atoms with E-state index in [4.69, 9.17) is 4.74 Å². The summed E-state index contributed by atoms with van der Waals surface area (Å²) >= 11 is 0. The maximum atomic E-state index is 15.2. The molecule has 4 nitrogen and oxygen atoms in total. The Labute approximate surface area is 169 Å². The first-order valence-electron chi connectivity index (χ1n) is 10.6. The Balaban J connectivity index is 1.67. The van der Waals surface area contributed by atoms with Crippen molar-refractivity contribution in [2.75, 3.05) is 13.2 Å². The molecule has 1 aromatic carbocycles. The van der Waals surface area contributed by atoms with Crippen molar-refractivity contribution < 1.29 is 18.7 Å². The maximum absolute atomic E-state index is 15.2. The van der Waals surface area contributed by atoms with Gasteiger partial charge in [-0.1, -0.05) is 37.3 Å². The van der Waals surface area contributed by atoms with Gasteiger partial charge in [0, 0.05) is 12.1 Å². The van der Waals surface area contributed by atoms with Gasteiger partial charge in [0.05, 0.1) is 31.3 Å². The number of aryl methyl sites for hydroxylation is 1. The van der Waals surface area contributed by atoms with Gasteiger partial charge >= 0.3 is 0 Å². The van der Waals surface area contributed by atoms with Gasteiger partial charge in [0.15, 0.2) is 0 Å². The van der Waals surface area contributed by atoms with Gasteiger partial charge in [-0.05, 0) is 50.3 Å². The molecule has 2 aliphatic rings. The third kappa shape index (κ3) is 4.84. The van der Waals surface area contributed by atoms with Crippen LogP contribution < -0.4 is 0 Å². The highest BCUT2D eigenvalue weighted by Crippen LogP contribution is 2.47. The SMILES string of the molecule is C[C@@H]1[C@@H]([Si](C)(C)F)[C@H](CC(=O)N2CCC[C@H]2CO)O[C@@H]1CCc1ccccc1. The molecule has 28 heavy (non-hydrogen) atoms. The number of hydrogen-bond acceptors (Lipinski definition) is 3. The summed E-state index contributed by atoms with van der Waals surface area (Å²) in [5.41, 5.74) is 1.08. The lowest BCUT2D eigenvalue weighted by molar-refractivity contribution is -0.135. The van der Waals surface area contributed by atoms with Crippen molar-refractivity contribution in [2.24, 2.45) is 5.92 Å². The predicted molar refractivity (Wildman–Crippen MR) is 111 cm³/mol. The van der Waals surface area contributed by atoms with E-state index < -0.39 is 8.41 Å². The van der Waals surface area contributed by atoms with Gasteiger partial charge in [-0.15, -0.1) is 0 Å². The minimum absolute atomic E-state index is 0.000149. The summed E-state index contributed by atoms with van der Waals surface area (Å²) in [5.74, 6) is 0.112. The monoisotopic (exact) mass is 407 g/mol. The maximum Gasteiger partial charge on any atom is 0.246 e. The van der Waals surface area contributed by atoms with Crippen molar-refractivity contribution in [3.63, 3.8) is 0 Å². The Morgan fingerprint density at radius 1 is 1.29 bits per heavy atom. The molecule has 0 spiro atoms. The summed E-state index contributed by atoms with van der Waals surface area (Å²) in [6.45, 7) is 6.25. The molecular formula is C22H34FNO3Si. The zero-order valence-electron chi connectivity index (χ0n) is 17.3.